The van der Waals surface area contributed by atoms with Gasteiger partial charge in [-0.05, 0) is 37.3 Å². The number of aliphatic carboxylic acids is 1. The molecule has 1 aromatic heterocycles. The molecule has 1 amide bonds. The molecule has 21 heavy (non-hydrogen) atoms. The van der Waals surface area contributed by atoms with E-state index in [1.807, 2.05) is 0 Å². The zero-order valence-electron chi connectivity index (χ0n) is 11.6. The molecule has 7 heteroatoms. The normalized spacial score (nSPS) is 24.1. The number of aryl methyl sites for hydroxylation is 2. The first-order valence-corrected chi connectivity index (χ1v) is 7.00. The average molecular weight is 290 g/mol. The van der Waals surface area contributed by atoms with E-state index in [1.54, 1.807) is 11.0 Å². The van der Waals surface area contributed by atoms with Gasteiger partial charge < -0.3 is 21.5 Å². The van der Waals surface area contributed by atoms with E-state index in [4.69, 9.17) is 11.5 Å². The van der Waals surface area contributed by atoms with Crippen molar-refractivity contribution in [1.82, 2.24) is 4.98 Å². The van der Waals surface area contributed by atoms with Crippen LogP contribution in [0.5, 0.6) is 0 Å². The molecule has 1 fully saturated rings. The lowest BCUT2D eigenvalue weighted by molar-refractivity contribution is -0.142. The van der Waals surface area contributed by atoms with Gasteiger partial charge in [0.2, 0.25) is 0 Å². The number of fused-ring (bicyclic) bond motifs is 1. The lowest BCUT2D eigenvalue weighted by atomic mass is 10.0. The zero-order chi connectivity index (χ0) is 15.2. The Kier molecular flexibility index (Phi) is 3.09. The second kappa shape index (κ2) is 4.70. The molecule has 0 saturated carbocycles. The van der Waals surface area contributed by atoms with Crippen molar-refractivity contribution in [3.05, 3.63) is 22.9 Å². The Bertz CT molecular complexity index is 631. The van der Waals surface area contributed by atoms with E-state index < -0.39 is 17.4 Å². The highest BCUT2D eigenvalue weighted by molar-refractivity contribution is 5.98. The molecule has 5 N–H and O–H groups in total. The minimum atomic E-state index is -1.30. The number of carbonyl (C=O) groups is 2. The van der Waals surface area contributed by atoms with E-state index in [2.05, 4.69) is 4.98 Å². The summed E-state index contributed by atoms with van der Waals surface area (Å²) < 4.78 is 0. The van der Waals surface area contributed by atoms with Crippen molar-refractivity contribution in [3.8, 4) is 0 Å². The summed E-state index contributed by atoms with van der Waals surface area (Å²) in [6.45, 7) is 0.587. The number of aromatic nitrogens is 1. The molecule has 0 aromatic carbocycles. The van der Waals surface area contributed by atoms with Gasteiger partial charge in [0.05, 0.1) is 5.56 Å². The highest BCUT2D eigenvalue weighted by Crippen LogP contribution is 2.31. The molecule has 1 aromatic rings. The van der Waals surface area contributed by atoms with Gasteiger partial charge in [0, 0.05) is 18.8 Å². The third-order valence-corrected chi connectivity index (χ3v) is 4.32. The van der Waals surface area contributed by atoms with Crippen LogP contribution in [0, 0.1) is 0 Å². The lowest BCUT2D eigenvalue weighted by Crippen LogP contribution is -2.50. The van der Waals surface area contributed by atoms with Gasteiger partial charge in [-0.1, -0.05) is 0 Å². The smallest absolute Gasteiger partial charge is 0.325 e. The predicted molar refractivity (Wildman–Crippen MR) is 76.2 cm³/mol. The summed E-state index contributed by atoms with van der Waals surface area (Å²) in [4.78, 5) is 29.2. The number of carboxylic acids is 1. The Morgan fingerprint density at radius 1 is 1.38 bits per heavy atom. The highest BCUT2D eigenvalue weighted by atomic mass is 16.4. The van der Waals surface area contributed by atoms with Crippen molar-refractivity contribution in [2.75, 3.05) is 18.0 Å². The van der Waals surface area contributed by atoms with Gasteiger partial charge in [-0.3, -0.25) is 9.59 Å². The van der Waals surface area contributed by atoms with Crippen LogP contribution >= 0.6 is 0 Å². The van der Waals surface area contributed by atoms with Gasteiger partial charge in [0.15, 0.2) is 0 Å². The molecule has 1 unspecified atom stereocenters. The van der Waals surface area contributed by atoms with Crippen LogP contribution in [0.25, 0.3) is 0 Å². The maximum atomic E-state index is 11.7. The molecule has 112 valence electrons. The summed E-state index contributed by atoms with van der Waals surface area (Å²) in [6.07, 6.45) is 3.11. The van der Waals surface area contributed by atoms with Crippen LogP contribution in [0.4, 0.5) is 5.82 Å². The SMILES string of the molecule is NC(=O)c1cc2c(nc1N1CCC(N)(C(=O)O)C1)CCC2. The van der Waals surface area contributed by atoms with E-state index in [-0.39, 0.29) is 6.54 Å². The van der Waals surface area contributed by atoms with Gasteiger partial charge in [0.25, 0.3) is 5.91 Å². The van der Waals surface area contributed by atoms with Crippen molar-refractivity contribution in [1.29, 1.82) is 0 Å². The van der Waals surface area contributed by atoms with Gasteiger partial charge in [-0.15, -0.1) is 0 Å². The van der Waals surface area contributed by atoms with Crippen molar-refractivity contribution < 1.29 is 14.7 Å². The number of nitrogens with two attached hydrogens (primary N) is 2. The molecular formula is C14H18N4O3. The molecule has 7 nitrogen and oxygen atoms in total. The summed E-state index contributed by atoms with van der Waals surface area (Å²) in [5, 5.41) is 9.21. The van der Waals surface area contributed by atoms with Crippen LogP contribution in [-0.4, -0.2) is 40.6 Å². The number of pyridine rings is 1. The number of anilines is 1. The summed E-state index contributed by atoms with van der Waals surface area (Å²) >= 11 is 0. The monoisotopic (exact) mass is 290 g/mol. The fourth-order valence-electron chi connectivity index (χ4n) is 3.07. The Morgan fingerprint density at radius 2 is 2.14 bits per heavy atom. The first-order chi connectivity index (χ1) is 9.90. The molecule has 1 aliphatic heterocycles. The van der Waals surface area contributed by atoms with Crippen LogP contribution in [0.2, 0.25) is 0 Å². The summed E-state index contributed by atoms with van der Waals surface area (Å²) in [5.74, 6) is -1.11. The van der Waals surface area contributed by atoms with Crippen LogP contribution in [0.15, 0.2) is 6.07 Å². The summed E-state index contributed by atoms with van der Waals surface area (Å²) in [6, 6.07) is 1.80. The number of carboxylic acid groups (broad SMARTS) is 1. The maximum absolute atomic E-state index is 11.7. The molecule has 2 heterocycles. The van der Waals surface area contributed by atoms with Gasteiger partial charge in [-0.2, -0.15) is 0 Å². The number of rotatable bonds is 3. The quantitative estimate of drug-likeness (QED) is 0.700. The molecule has 1 aliphatic carbocycles. The number of nitrogens with zero attached hydrogens (tertiary/aromatic N) is 2. The number of primary amides is 1. The highest BCUT2D eigenvalue weighted by Gasteiger charge is 2.42. The topological polar surface area (TPSA) is 123 Å². The predicted octanol–water partition coefficient (Wildman–Crippen LogP) is -0.339. The second-order valence-electron chi connectivity index (χ2n) is 5.82. The molecule has 3 rings (SSSR count). The van der Waals surface area contributed by atoms with E-state index in [1.165, 1.54) is 0 Å². The fraction of sp³-hybridized carbons (Fsp3) is 0.500. The van der Waals surface area contributed by atoms with Crippen LogP contribution < -0.4 is 16.4 Å². The van der Waals surface area contributed by atoms with E-state index >= 15 is 0 Å². The van der Waals surface area contributed by atoms with E-state index in [0.717, 1.165) is 30.5 Å². The van der Waals surface area contributed by atoms with Crippen LogP contribution in [-0.2, 0) is 17.6 Å². The standard InChI is InChI=1S/C14H18N4O3/c15-11(19)9-6-8-2-1-3-10(8)17-12(9)18-5-4-14(16,7-18)13(20)21/h6H,1-5,7,16H2,(H2,15,19)(H,20,21). The van der Waals surface area contributed by atoms with Crippen molar-refractivity contribution in [2.24, 2.45) is 11.5 Å². The molecule has 0 radical (unpaired) electrons. The summed E-state index contributed by atoms with van der Waals surface area (Å²) in [5.41, 5.74) is 12.4. The lowest BCUT2D eigenvalue weighted by Gasteiger charge is -2.23. The number of carbonyl (C=O) groups excluding carboxylic acids is 1. The van der Waals surface area contributed by atoms with Crippen molar-refractivity contribution in [2.45, 2.75) is 31.2 Å². The largest absolute Gasteiger partial charge is 0.480 e. The van der Waals surface area contributed by atoms with Gasteiger partial charge >= 0.3 is 5.97 Å². The van der Waals surface area contributed by atoms with Gasteiger partial charge in [-0.25, -0.2) is 4.98 Å². The molecule has 1 saturated heterocycles. The minimum absolute atomic E-state index is 0.133. The first-order valence-electron chi connectivity index (χ1n) is 7.00. The molecule has 1 atom stereocenters. The number of hydrogen-bond donors (Lipinski definition) is 3. The van der Waals surface area contributed by atoms with Crippen LogP contribution in [0.3, 0.4) is 0 Å². The zero-order valence-corrected chi connectivity index (χ0v) is 11.6. The fourth-order valence-corrected chi connectivity index (χ4v) is 3.07. The number of amides is 1. The van der Waals surface area contributed by atoms with Gasteiger partial charge in [0.1, 0.15) is 11.4 Å². The number of hydrogen-bond acceptors (Lipinski definition) is 5. The molecule has 0 bridgehead atoms. The summed E-state index contributed by atoms with van der Waals surface area (Å²) in [7, 11) is 0. The average Bonchev–Trinajstić information content (AvgIpc) is 3.03. The first kappa shape index (κ1) is 13.8. The van der Waals surface area contributed by atoms with E-state index in [0.29, 0.717) is 24.3 Å². The minimum Gasteiger partial charge on any atom is -0.480 e. The third kappa shape index (κ3) is 2.23. The van der Waals surface area contributed by atoms with Crippen molar-refractivity contribution >= 4 is 17.7 Å². The Hall–Kier alpha value is -2.15. The Labute approximate surface area is 121 Å². The third-order valence-electron chi connectivity index (χ3n) is 4.32. The molecule has 0 spiro atoms. The molecule has 2 aliphatic rings. The maximum Gasteiger partial charge on any atom is 0.325 e. The Morgan fingerprint density at radius 3 is 2.76 bits per heavy atom. The second-order valence-corrected chi connectivity index (χ2v) is 5.82. The Balaban J connectivity index is 1.99. The molecular weight excluding hydrogens is 272 g/mol. The van der Waals surface area contributed by atoms with Crippen LogP contribution in [0.1, 0.15) is 34.5 Å². The van der Waals surface area contributed by atoms with Crippen molar-refractivity contribution in [3.63, 3.8) is 0 Å². The van der Waals surface area contributed by atoms with E-state index in [9.17, 15) is 14.7 Å².